The third-order valence-electron chi connectivity index (χ3n) is 3.10. The lowest BCUT2D eigenvalue weighted by Gasteiger charge is -2.24. The molecule has 0 aliphatic carbocycles. The van der Waals surface area contributed by atoms with E-state index in [2.05, 4.69) is 10.6 Å². The fourth-order valence-corrected chi connectivity index (χ4v) is 4.56. The molecule has 8 heteroatoms. The zero-order valence-electron chi connectivity index (χ0n) is 10.7. The fraction of sp³-hybridized carbons (Fsp3) is 0.417. The number of sulfone groups is 1. The number of nitrogens with one attached hydrogen (secondary N) is 2. The minimum absolute atomic E-state index is 0.0588. The van der Waals surface area contributed by atoms with E-state index in [1.165, 1.54) is 6.07 Å². The minimum Gasteiger partial charge on any atom is -0.332 e. The van der Waals surface area contributed by atoms with Gasteiger partial charge in [-0.15, -0.1) is 0 Å². The van der Waals surface area contributed by atoms with Gasteiger partial charge in [0.05, 0.1) is 27.8 Å². The number of hydrogen-bond donors (Lipinski definition) is 2. The summed E-state index contributed by atoms with van der Waals surface area (Å²) < 4.78 is 22.9. The molecule has 0 saturated carbocycles. The third kappa shape index (κ3) is 3.77. The molecule has 2 N–H and O–H groups in total. The molecule has 1 unspecified atom stereocenters. The predicted molar refractivity (Wildman–Crippen MR) is 80.3 cm³/mol. The molecule has 1 aromatic carbocycles. The van der Waals surface area contributed by atoms with Crippen LogP contribution in [0.1, 0.15) is 13.3 Å². The molecule has 0 spiro atoms. The van der Waals surface area contributed by atoms with E-state index in [-0.39, 0.29) is 11.5 Å². The SMILES string of the molecule is CC1(NC(=O)Nc2cc(Cl)ccc2Cl)CCS(=O)(=O)C1. The maximum absolute atomic E-state index is 11.9. The highest BCUT2D eigenvalue weighted by Crippen LogP contribution is 2.26. The Morgan fingerprint density at radius 3 is 2.65 bits per heavy atom. The molecule has 2 amide bonds. The number of halogens is 2. The van der Waals surface area contributed by atoms with Gasteiger partial charge in [0.25, 0.3) is 0 Å². The maximum atomic E-state index is 11.9. The minimum atomic E-state index is -3.08. The van der Waals surface area contributed by atoms with Crippen LogP contribution in [0.4, 0.5) is 10.5 Å². The van der Waals surface area contributed by atoms with Gasteiger partial charge < -0.3 is 10.6 Å². The first kappa shape index (κ1) is 15.4. The summed E-state index contributed by atoms with van der Waals surface area (Å²) in [6.07, 6.45) is 0.395. The molecule has 5 nitrogen and oxygen atoms in total. The van der Waals surface area contributed by atoms with Crippen LogP contribution in [0.3, 0.4) is 0 Å². The predicted octanol–water partition coefficient (Wildman–Crippen LogP) is 2.69. The Morgan fingerprint density at radius 1 is 1.35 bits per heavy atom. The Balaban J connectivity index is 2.05. The molecule has 2 rings (SSSR count). The molecule has 1 saturated heterocycles. The van der Waals surface area contributed by atoms with Crippen molar-refractivity contribution in [1.82, 2.24) is 5.32 Å². The summed E-state index contributed by atoms with van der Waals surface area (Å²) in [6.45, 7) is 1.71. The quantitative estimate of drug-likeness (QED) is 0.871. The van der Waals surface area contributed by atoms with Gasteiger partial charge in [0, 0.05) is 5.02 Å². The van der Waals surface area contributed by atoms with E-state index in [1.807, 2.05) is 0 Å². The number of hydrogen-bond acceptors (Lipinski definition) is 3. The Morgan fingerprint density at radius 2 is 2.05 bits per heavy atom. The van der Waals surface area contributed by atoms with Gasteiger partial charge in [-0.2, -0.15) is 0 Å². The lowest BCUT2D eigenvalue weighted by atomic mass is 10.0. The topological polar surface area (TPSA) is 75.3 Å². The normalized spacial score (nSPS) is 24.4. The van der Waals surface area contributed by atoms with E-state index < -0.39 is 21.4 Å². The lowest BCUT2D eigenvalue weighted by molar-refractivity contribution is 0.242. The average molecular weight is 337 g/mol. The molecule has 20 heavy (non-hydrogen) atoms. The highest BCUT2D eigenvalue weighted by molar-refractivity contribution is 7.91. The van der Waals surface area contributed by atoms with E-state index in [0.717, 1.165) is 0 Å². The largest absolute Gasteiger partial charge is 0.332 e. The highest BCUT2D eigenvalue weighted by Gasteiger charge is 2.39. The Kier molecular flexibility index (Phi) is 4.18. The molecule has 1 aliphatic rings. The van der Waals surface area contributed by atoms with Crippen LogP contribution < -0.4 is 10.6 Å². The summed E-state index contributed by atoms with van der Waals surface area (Å²) in [5, 5.41) is 6.04. The molecule has 110 valence electrons. The van der Waals surface area contributed by atoms with Gasteiger partial charge in [-0.1, -0.05) is 23.2 Å². The second kappa shape index (κ2) is 5.42. The summed E-state index contributed by atoms with van der Waals surface area (Å²) >= 11 is 11.8. The van der Waals surface area contributed by atoms with Crippen LogP contribution in [-0.2, 0) is 9.84 Å². The van der Waals surface area contributed by atoms with Gasteiger partial charge in [-0.3, -0.25) is 0 Å². The number of anilines is 1. The molecule has 1 aromatic rings. The van der Waals surface area contributed by atoms with Crippen molar-refractivity contribution >= 4 is 44.8 Å². The van der Waals surface area contributed by atoms with Gasteiger partial charge in [-0.25, -0.2) is 13.2 Å². The third-order valence-corrected chi connectivity index (χ3v) is 5.56. The first-order valence-corrected chi connectivity index (χ1v) is 8.52. The molecule has 1 atom stereocenters. The number of amides is 2. The van der Waals surface area contributed by atoms with Crippen LogP contribution in [-0.4, -0.2) is 31.5 Å². The first-order chi connectivity index (χ1) is 9.19. The van der Waals surface area contributed by atoms with E-state index in [0.29, 0.717) is 22.2 Å². The van der Waals surface area contributed by atoms with E-state index in [4.69, 9.17) is 23.2 Å². The number of rotatable bonds is 2. The fourth-order valence-electron chi connectivity index (χ4n) is 2.13. The van der Waals surface area contributed by atoms with Crippen molar-refractivity contribution in [2.24, 2.45) is 0 Å². The van der Waals surface area contributed by atoms with E-state index in [9.17, 15) is 13.2 Å². The second-order valence-electron chi connectivity index (χ2n) is 5.11. The zero-order valence-corrected chi connectivity index (χ0v) is 13.1. The van der Waals surface area contributed by atoms with Crippen LogP contribution in [0, 0.1) is 0 Å². The summed E-state index contributed by atoms with van der Waals surface area (Å²) in [5.74, 6) is 0.0262. The van der Waals surface area contributed by atoms with Crippen molar-refractivity contribution in [3.05, 3.63) is 28.2 Å². The zero-order chi connectivity index (χ0) is 15.0. The number of urea groups is 1. The monoisotopic (exact) mass is 336 g/mol. The van der Waals surface area contributed by atoms with Crippen LogP contribution in [0.15, 0.2) is 18.2 Å². The van der Waals surface area contributed by atoms with E-state index in [1.54, 1.807) is 19.1 Å². The van der Waals surface area contributed by atoms with Crippen LogP contribution in [0.5, 0.6) is 0 Å². The molecule has 1 aliphatic heterocycles. The highest BCUT2D eigenvalue weighted by atomic mass is 35.5. The Bertz CT molecular complexity index is 648. The summed E-state index contributed by atoms with van der Waals surface area (Å²) in [6, 6.07) is 4.20. The summed E-state index contributed by atoms with van der Waals surface area (Å²) in [7, 11) is -3.08. The Labute approximate surface area is 127 Å². The lowest BCUT2D eigenvalue weighted by Crippen LogP contribution is -2.48. The van der Waals surface area contributed by atoms with Crippen molar-refractivity contribution in [2.45, 2.75) is 18.9 Å². The van der Waals surface area contributed by atoms with Gasteiger partial charge in [0.15, 0.2) is 9.84 Å². The van der Waals surface area contributed by atoms with Crippen molar-refractivity contribution in [1.29, 1.82) is 0 Å². The van der Waals surface area contributed by atoms with Gasteiger partial charge >= 0.3 is 6.03 Å². The first-order valence-electron chi connectivity index (χ1n) is 5.94. The number of carbonyl (C=O) groups excluding carboxylic acids is 1. The molecular formula is C12H14Cl2N2O3S. The van der Waals surface area contributed by atoms with Crippen molar-refractivity contribution < 1.29 is 13.2 Å². The van der Waals surface area contributed by atoms with Crippen LogP contribution >= 0.6 is 23.2 Å². The molecular weight excluding hydrogens is 323 g/mol. The standard InChI is InChI=1S/C12H14Cl2N2O3S/c1-12(4-5-20(18,19)7-12)16-11(17)15-10-6-8(13)2-3-9(10)14/h2-3,6H,4-5,7H2,1H3,(H2,15,16,17). The van der Waals surface area contributed by atoms with Gasteiger partial charge in [0.2, 0.25) is 0 Å². The summed E-state index contributed by atoms with van der Waals surface area (Å²) in [5.41, 5.74) is -0.380. The number of benzene rings is 1. The number of carbonyl (C=O) groups is 1. The smallest absolute Gasteiger partial charge is 0.319 e. The Hall–Kier alpha value is -0.980. The van der Waals surface area contributed by atoms with Crippen LogP contribution in [0.25, 0.3) is 0 Å². The van der Waals surface area contributed by atoms with E-state index >= 15 is 0 Å². The van der Waals surface area contributed by atoms with Crippen molar-refractivity contribution in [3.8, 4) is 0 Å². The van der Waals surface area contributed by atoms with Crippen molar-refractivity contribution in [3.63, 3.8) is 0 Å². The molecule has 0 bridgehead atoms. The van der Waals surface area contributed by atoms with Gasteiger partial charge in [0.1, 0.15) is 0 Å². The average Bonchev–Trinajstić information content (AvgIpc) is 2.57. The van der Waals surface area contributed by atoms with Crippen molar-refractivity contribution in [2.75, 3.05) is 16.8 Å². The molecule has 0 aromatic heterocycles. The maximum Gasteiger partial charge on any atom is 0.319 e. The summed E-state index contributed by atoms with van der Waals surface area (Å²) in [4.78, 5) is 11.9. The second-order valence-corrected chi connectivity index (χ2v) is 8.13. The molecule has 0 radical (unpaired) electrons. The van der Waals surface area contributed by atoms with Crippen LogP contribution in [0.2, 0.25) is 10.0 Å². The molecule has 1 fully saturated rings. The molecule has 1 heterocycles. The van der Waals surface area contributed by atoms with Gasteiger partial charge in [-0.05, 0) is 31.5 Å².